The maximum Gasteiger partial charge on any atom is 0.0717 e. The summed E-state index contributed by atoms with van der Waals surface area (Å²) in [7, 11) is 0. The van der Waals surface area contributed by atoms with Crippen LogP contribution in [0.4, 0.5) is 0 Å². The highest BCUT2D eigenvalue weighted by Crippen LogP contribution is 2.65. The largest absolute Gasteiger partial charge is 0.378 e. The highest BCUT2D eigenvalue weighted by atomic mass is 127. The molecule has 0 fully saturated rings. The first-order valence-corrected chi connectivity index (χ1v) is 17.1. The van der Waals surface area contributed by atoms with E-state index in [0.717, 1.165) is 23.4 Å². The van der Waals surface area contributed by atoms with Crippen molar-refractivity contribution in [3.05, 3.63) is 25.4 Å². The fourth-order valence-corrected chi connectivity index (χ4v) is 12.7. The van der Waals surface area contributed by atoms with E-state index in [-0.39, 0.29) is 0 Å². The molecule has 0 atom stereocenters. The van der Waals surface area contributed by atoms with Gasteiger partial charge in [0.05, 0.1) is 51.9 Å². The Morgan fingerprint density at radius 2 is 1.15 bits per heavy atom. The first-order chi connectivity index (χ1) is 12.7. The summed E-state index contributed by atoms with van der Waals surface area (Å²) in [6.45, 7) is 2.98. The minimum Gasteiger partial charge on any atom is -0.378 e. The van der Waals surface area contributed by atoms with Gasteiger partial charge < -0.3 is 9.47 Å². The molecule has 0 aromatic heterocycles. The van der Waals surface area contributed by atoms with Gasteiger partial charge >= 0.3 is 0 Å². The van der Waals surface area contributed by atoms with Gasteiger partial charge in [-0.05, 0) is 18.8 Å². The second-order valence-electron chi connectivity index (χ2n) is 4.51. The summed E-state index contributed by atoms with van der Waals surface area (Å²) in [4.78, 5) is 0. The number of halogens is 1. The summed E-state index contributed by atoms with van der Waals surface area (Å²) in [6.07, 6.45) is 6.51. The SMILES string of the molecule is CSC1=C(SC)SC(=C2SC(SC)=C(SCCOCCOCCI)S2)S1. The molecule has 2 nitrogen and oxygen atoms in total. The lowest BCUT2D eigenvalue weighted by Crippen LogP contribution is -2.07. The van der Waals surface area contributed by atoms with Gasteiger partial charge in [-0.25, -0.2) is 0 Å². The molecule has 0 N–H and O–H groups in total. The van der Waals surface area contributed by atoms with Crippen LogP contribution in [0.3, 0.4) is 0 Å². The van der Waals surface area contributed by atoms with Gasteiger partial charge in [-0.2, -0.15) is 0 Å². The van der Waals surface area contributed by atoms with Gasteiger partial charge in [-0.3, -0.25) is 0 Å². The molecule has 0 saturated carbocycles. The highest BCUT2D eigenvalue weighted by Gasteiger charge is 2.29. The molecule has 148 valence electrons. The molecule has 0 radical (unpaired) electrons. The molecule has 0 aliphatic carbocycles. The first kappa shape index (κ1) is 24.9. The van der Waals surface area contributed by atoms with E-state index in [9.17, 15) is 0 Å². The van der Waals surface area contributed by atoms with Crippen molar-refractivity contribution >= 4 is 117 Å². The third-order valence-electron chi connectivity index (χ3n) is 2.85. The zero-order valence-corrected chi connectivity index (χ0v) is 23.4. The third kappa shape index (κ3) is 8.07. The molecule has 2 heterocycles. The quantitative estimate of drug-likeness (QED) is 0.123. The molecule has 26 heavy (non-hydrogen) atoms. The Morgan fingerprint density at radius 1 is 0.692 bits per heavy atom. The van der Waals surface area contributed by atoms with Gasteiger partial charge in [0.15, 0.2) is 0 Å². The number of rotatable bonds is 12. The number of ether oxygens (including phenoxy) is 2. The van der Waals surface area contributed by atoms with Crippen LogP contribution in [0, 0.1) is 0 Å². The fraction of sp³-hybridized carbons (Fsp3) is 0.600. The van der Waals surface area contributed by atoms with E-state index in [2.05, 4.69) is 41.4 Å². The molecule has 2 aliphatic rings. The van der Waals surface area contributed by atoms with Crippen LogP contribution < -0.4 is 0 Å². The van der Waals surface area contributed by atoms with E-state index in [1.165, 1.54) is 25.4 Å². The van der Waals surface area contributed by atoms with Crippen molar-refractivity contribution in [1.29, 1.82) is 0 Å². The molecule has 0 spiro atoms. The maximum absolute atomic E-state index is 5.67. The molecule has 11 heteroatoms. The van der Waals surface area contributed by atoms with Crippen molar-refractivity contribution in [2.24, 2.45) is 0 Å². The standard InChI is InChI=1S/C15H21IO2S8/c1-19-10-11(20-2)24-14(23-10)15-25-12(21-3)13(26-15)22-9-8-18-7-6-17-5-4-16/h4-9H2,1-3H3. The lowest BCUT2D eigenvalue weighted by molar-refractivity contribution is 0.0611. The monoisotopic (exact) mass is 616 g/mol. The highest BCUT2D eigenvalue weighted by molar-refractivity contribution is 14.1. The predicted octanol–water partition coefficient (Wildman–Crippen LogP) is 7.62. The van der Waals surface area contributed by atoms with Crippen LogP contribution in [0.1, 0.15) is 0 Å². The third-order valence-corrected chi connectivity index (χ3v) is 14.4. The van der Waals surface area contributed by atoms with Crippen LogP contribution in [-0.4, -0.2) is 55.4 Å². The lowest BCUT2D eigenvalue weighted by atomic mass is 10.7. The van der Waals surface area contributed by atoms with E-state index in [0.29, 0.717) is 13.2 Å². The van der Waals surface area contributed by atoms with Gasteiger partial charge in [0.1, 0.15) is 0 Å². The fourth-order valence-electron chi connectivity index (χ4n) is 1.74. The summed E-state index contributed by atoms with van der Waals surface area (Å²) in [5.41, 5.74) is 0. The molecule has 0 saturated heterocycles. The minimum absolute atomic E-state index is 0.691. The van der Waals surface area contributed by atoms with Gasteiger partial charge in [-0.1, -0.05) is 69.6 Å². The van der Waals surface area contributed by atoms with Crippen LogP contribution in [-0.2, 0) is 9.47 Å². The van der Waals surface area contributed by atoms with Gasteiger partial charge in [0.2, 0.25) is 0 Å². The van der Waals surface area contributed by atoms with E-state index in [1.807, 2.05) is 94.1 Å². The Labute approximate surface area is 204 Å². The van der Waals surface area contributed by atoms with E-state index in [4.69, 9.17) is 9.47 Å². The van der Waals surface area contributed by atoms with Gasteiger partial charge in [0, 0.05) is 10.2 Å². The second-order valence-corrected chi connectivity index (χ2v) is 14.8. The molecule has 0 unspecified atom stereocenters. The predicted molar refractivity (Wildman–Crippen MR) is 145 cm³/mol. The zero-order chi connectivity index (χ0) is 18.8. The van der Waals surface area contributed by atoms with Gasteiger partial charge in [-0.15, -0.1) is 47.0 Å². The van der Waals surface area contributed by atoms with Gasteiger partial charge in [0.25, 0.3) is 0 Å². The molecule has 0 aromatic carbocycles. The van der Waals surface area contributed by atoms with Crippen molar-refractivity contribution in [3.63, 3.8) is 0 Å². The molecule has 0 bridgehead atoms. The second kappa shape index (κ2) is 14.6. The van der Waals surface area contributed by atoms with Crippen molar-refractivity contribution in [2.75, 3.05) is 55.4 Å². The maximum atomic E-state index is 5.67. The Bertz CT molecular complexity index is 546. The van der Waals surface area contributed by atoms with Crippen LogP contribution >= 0.6 is 117 Å². The van der Waals surface area contributed by atoms with Crippen LogP contribution in [0.2, 0.25) is 0 Å². The molecular formula is C15H21IO2S8. The summed E-state index contributed by atoms with van der Waals surface area (Å²) < 4.78 is 20.8. The summed E-state index contributed by atoms with van der Waals surface area (Å²) in [6, 6.07) is 0. The van der Waals surface area contributed by atoms with Crippen molar-refractivity contribution in [1.82, 2.24) is 0 Å². The molecule has 2 rings (SSSR count). The van der Waals surface area contributed by atoms with Crippen LogP contribution in [0.25, 0.3) is 0 Å². The summed E-state index contributed by atoms with van der Waals surface area (Å²) in [5, 5.41) is 0. The first-order valence-electron chi connectivity index (χ1n) is 7.63. The number of thioether (sulfide) groups is 8. The number of hydrogen-bond donors (Lipinski definition) is 0. The van der Waals surface area contributed by atoms with Crippen LogP contribution in [0.15, 0.2) is 25.4 Å². The topological polar surface area (TPSA) is 18.5 Å². The Balaban J connectivity index is 1.77. The minimum atomic E-state index is 0.691. The molecule has 2 aliphatic heterocycles. The van der Waals surface area contributed by atoms with Crippen molar-refractivity contribution in [3.8, 4) is 0 Å². The van der Waals surface area contributed by atoms with Crippen molar-refractivity contribution in [2.45, 2.75) is 0 Å². The summed E-state index contributed by atoms with van der Waals surface area (Å²) in [5.74, 6) is 0.993. The number of alkyl halides is 1. The molecule has 0 aromatic rings. The molecular weight excluding hydrogens is 596 g/mol. The summed E-state index contributed by atoms with van der Waals surface area (Å²) >= 11 is 17.6. The van der Waals surface area contributed by atoms with E-state index < -0.39 is 0 Å². The van der Waals surface area contributed by atoms with Crippen LogP contribution in [0.5, 0.6) is 0 Å². The molecule has 0 amide bonds. The normalized spacial score (nSPS) is 18.0. The van der Waals surface area contributed by atoms with Crippen molar-refractivity contribution < 1.29 is 9.47 Å². The average Bonchev–Trinajstić information content (AvgIpc) is 3.27. The number of hydrogen-bond acceptors (Lipinski definition) is 10. The Kier molecular flexibility index (Phi) is 14.0. The smallest absolute Gasteiger partial charge is 0.0717 e. The Hall–Kier alpha value is 2.67. The van der Waals surface area contributed by atoms with E-state index >= 15 is 0 Å². The Morgan fingerprint density at radius 3 is 1.65 bits per heavy atom. The lowest BCUT2D eigenvalue weighted by Gasteiger charge is -2.06. The average molecular weight is 617 g/mol. The zero-order valence-electron chi connectivity index (χ0n) is 14.7. The van der Waals surface area contributed by atoms with E-state index in [1.54, 1.807) is 0 Å².